The molecule has 1 aromatic rings. The molecule has 78 valence electrons. The molecule has 0 aromatic heterocycles. The Morgan fingerprint density at radius 3 is 2.64 bits per heavy atom. The molecule has 0 heterocycles. The first-order valence-electron chi connectivity index (χ1n) is 5.21. The van der Waals surface area contributed by atoms with E-state index in [1.807, 2.05) is 0 Å². The predicted molar refractivity (Wildman–Crippen MR) is 66.0 cm³/mol. The van der Waals surface area contributed by atoms with E-state index in [4.69, 9.17) is 0 Å². The van der Waals surface area contributed by atoms with Gasteiger partial charge in [0.05, 0.1) is 0 Å². The first-order valence-corrected chi connectivity index (χ1v) is 6.13. The molecule has 0 amide bonds. The first kappa shape index (κ1) is 11.7. The van der Waals surface area contributed by atoms with Gasteiger partial charge in [0, 0.05) is 11.4 Å². The second-order valence-corrected chi connectivity index (χ2v) is 4.74. The molecule has 1 aromatic carbocycles. The molecule has 1 atom stereocenters. The van der Waals surface area contributed by atoms with E-state index in [2.05, 4.69) is 58.5 Å². The minimum absolute atomic E-state index is 0.610. The zero-order valence-electron chi connectivity index (χ0n) is 8.67. The van der Waals surface area contributed by atoms with E-state index in [9.17, 15) is 0 Å². The first-order chi connectivity index (χ1) is 6.83. The minimum Gasteiger partial charge on any atom is -0.315 e. The van der Waals surface area contributed by atoms with E-state index >= 15 is 0 Å². The van der Waals surface area contributed by atoms with Crippen LogP contribution in [-0.2, 0) is 6.42 Å². The highest BCUT2D eigenvalue weighted by molar-refractivity contribution is 9.09. The zero-order chi connectivity index (χ0) is 10.2. The van der Waals surface area contributed by atoms with Crippen LogP contribution in [0.15, 0.2) is 30.3 Å². The fourth-order valence-electron chi connectivity index (χ4n) is 1.28. The van der Waals surface area contributed by atoms with Gasteiger partial charge in [-0.3, -0.25) is 0 Å². The Kier molecular flexibility index (Phi) is 5.88. The van der Waals surface area contributed by atoms with Gasteiger partial charge in [-0.05, 0) is 24.9 Å². The molecule has 0 radical (unpaired) electrons. The van der Waals surface area contributed by atoms with Gasteiger partial charge in [0.15, 0.2) is 0 Å². The standard InChI is InChI=1S/C12H18BrN/c1-2-12(13)10-14-9-8-11-6-4-3-5-7-11/h3-7,12,14H,2,8-10H2,1H3. The molecule has 0 fully saturated rings. The van der Waals surface area contributed by atoms with Gasteiger partial charge in [-0.25, -0.2) is 0 Å². The Labute approximate surface area is 95.0 Å². The highest BCUT2D eigenvalue weighted by Crippen LogP contribution is 2.02. The predicted octanol–water partition coefficient (Wildman–Crippen LogP) is 2.99. The van der Waals surface area contributed by atoms with Crippen molar-refractivity contribution in [3.8, 4) is 0 Å². The lowest BCUT2D eigenvalue weighted by molar-refractivity contribution is 0.656. The summed E-state index contributed by atoms with van der Waals surface area (Å²) >= 11 is 3.60. The molecular weight excluding hydrogens is 238 g/mol. The van der Waals surface area contributed by atoms with Gasteiger partial charge in [-0.2, -0.15) is 0 Å². The van der Waals surface area contributed by atoms with Crippen LogP contribution in [0.4, 0.5) is 0 Å². The quantitative estimate of drug-likeness (QED) is 0.609. The number of alkyl halides is 1. The third kappa shape index (κ3) is 4.77. The third-order valence-corrected chi connectivity index (χ3v) is 3.21. The number of halogens is 1. The van der Waals surface area contributed by atoms with Crippen molar-refractivity contribution in [1.82, 2.24) is 5.32 Å². The van der Waals surface area contributed by atoms with E-state index in [-0.39, 0.29) is 0 Å². The summed E-state index contributed by atoms with van der Waals surface area (Å²) in [5, 5.41) is 3.44. The van der Waals surface area contributed by atoms with E-state index < -0.39 is 0 Å². The van der Waals surface area contributed by atoms with Gasteiger partial charge in [-0.1, -0.05) is 53.2 Å². The lowest BCUT2D eigenvalue weighted by Crippen LogP contribution is -2.24. The van der Waals surface area contributed by atoms with Crippen molar-refractivity contribution >= 4 is 15.9 Å². The average molecular weight is 256 g/mol. The Balaban J connectivity index is 2.10. The fourth-order valence-corrected chi connectivity index (χ4v) is 1.51. The van der Waals surface area contributed by atoms with Crippen LogP contribution in [0.1, 0.15) is 18.9 Å². The van der Waals surface area contributed by atoms with E-state index in [1.54, 1.807) is 0 Å². The van der Waals surface area contributed by atoms with Crippen molar-refractivity contribution in [2.75, 3.05) is 13.1 Å². The zero-order valence-corrected chi connectivity index (χ0v) is 10.3. The molecule has 0 aliphatic rings. The maximum absolute atomic E-state index is 3.60. The largest absolute Gasteiger partial charge is 0.315 e. The van der Waals surface area contributed by atoms with Gasteiger partial charge >= 0.3 is 0 Å². The fraction of sp³-hybridized carbons (Fsp3) is 0.500. The average Bonchev–Trinajstić information content (AvgIpc) is 2.25. The minimum atomic E-state index is 0.610. The molecule has 0 spiro atoms. The summed E-state index contributed by atoms with van der Waals surface area (Å²) in [4.78, 5) is 0.610. The Morgan fingerprint density at radius 1 is 1.29 bits per heavy atom. The molecule has 1 nitrogen and oxygen atoms in total. The lowest BCUT2D eigenvalue weighted by atomic mass is 10.1. The van der Waals surface area contributed by atoms with Gasteiger partial charge in [0.25, 0.3) is 0 Å². The maximum Gasteiger partial charge on any atom is 0.0268 e. The monoisotopic (exact) mass is 255 g/mol. The number of nitrogens with one attached hydrogen (secondary N) is 1. The van der Waals surface area contributed by atoms with Gasteiger partial charge < -0.3 is 5.32 Å². The van der Waals surface area contributed by atoms with Crippen LogP contribution in [0.2, 0.25) is 0 Å². The third-order valence-electron chi connectivity index (χ3n) is 2.24. The molecular formula is C12H18BrN. The van der Waals surface area contributed by atoms with Crippen LogP contribution in [0.25, 0.3) is 0 Å². The Morgan fingerprint density at radius 2 is 2.00 bits per heavy atom. The SMILES string of the molecule is CCC(Br)CNCCc1ccccc1. The van der Waals surface area contributed by atoms with Crippen LogP contribution < -0.4 is 5.32 Å². The van der Waals surface area contributed by atoms with E-state index in [0.717, 1.165) is 19.5 Å². The molecule has 14 heavy (non-hydrogen) atoms. The topological polar surface area (TPSA) is 12.0 Å². The Hall–Kier alpha value is -0.340. The summed E-state index contributed by atoms with van der Waals surface area (Å²) in [5.41, 5.74) is 1.41. The smallest absolute Gasteiger partial charge is 0.0268 e. The number of benzene rings is 1. The summed E-state index contributed by atoms with van der Waals surface area (Å²) in [6, 6.07) is 10.6. The van der Waals surface area contributed by atoms with Crippen LogP contribution in [0, 0.1) is 0 Å². The Bertz CT molecular complexity index is 235. The van der Waals surface area contributed by atoms with Gasteiger partial charge in [0.1, 0.15) is 0 Å². The van der Waals surface area contributed by atoms with E-state index in [0.29, 0.717) is 4.83 Å². The summed E-state index contributed by atoms with van der Waals surface area (Å²) in [7, 11) is 0. The second-order valence-electron chi connectivity index (χ2n) is 3.45. The van der Waals surface area contributed by atoms with Crippen molar-refractivity contribution in [2.24, 2.45) is 0 Å². The summed E-state index contributed by atoms with van der Waals surface area (Å²) in [6.45, 7) is 4.31. The maximum atomic E-state index is 3.60. The summed E-state index contributed by atoms with van der Waals surface area (Å²) in [5.74, 6) is 0. The normalized spacial score (nSPS) is 12.7. The molecule has 0 aliphatic carbocycles. The lowest BCUT2D eigenvalue weighted by Gasteiger charge is -2.08. The van der Waals surface area contributed by atoms with Crippen LogP contribution in [-0.4, -0.2) is 17.9 Å². The van der Waals surface area contributed by atoms with Gasteiger partial charge in [-0.15, -0.1) is 0 Å². The molecule has 0 saturated carbocycles. The number of hydrogen-bond acceptors (Lipinski definition) is 1. The molecule has 0 bridgehead atoms. The molecule has 2 heteroatoms. The molecule has 0 aliphatic heterocycles. The van der Waals surface area contributed by atoms with Crippen LogP contribution >= 0.6 is 15.9 Å². The molecule has 1 unspecified atom stereocenters. The van der Waals surface area contributed by atoms with Crippen LogP contribution in [0.5, 0.6) is 0 Å². The highest BCUT2D eigenvalue weighted by Gasteiger charge is 1.98. The van der Waals surface area contributed by atoms with Crippen LogP contribution in [0.3, 0.4) is 0 Å². The van der Waals surface area contributed by atoms with Gasteiger partial charge in [0.2, 0.25) is 0 Å². The summed E-state index contributed by atoms with van der Waals surface area (Å²) in [6.07, 6.45) is 2.29. The molecule has 1 N–H and O–H groups in total. The number of hydrogen-bond donors (Lipinski definition) is 1. The second kappa shape index (κ2) is 7.02. The van der Waals surface area contributed by atoms with E-state index in [1.165, 1.54) is 12.0 Å². The highest BCUT2D eigenvalue weighted by atomic mass is 79.9. The number of rotatable bonds is 6. The molecule has 0 saturated heterocycles. The molecule has 1 rings (SSSR count). The van der Waals surface area contributed by atoms with Crippen molar-refractivity contribution in [2.45, 2.75) is 24.6 Å². The van der Waals surface area contributed by atoms with Crippen molar-refractivity contribution < 1.29 is 0 Å². The van der Waals surface area contributed by atoms with Crippen molar-refractivity contribution in [1.29, 1.82) is 0 Å². The summed E-state index contributed by atoms with van der Waals surface area (Å²) < 4.78 is 0. The van der Waals surface area contributed by atoms with Crippen molar-refractivity contribution in [3.05, 3.63) is 35.9 Å². The van der Waals surface area contributed by atoms with Crippen molar-refractivity contribution in [3.63, 3.8) is 0 Å².